The number of fused-ring (bicyclic) bond motifs is 1. The highest BCUT2D eigenvalue weighted by molar-refractivity contribution is 7.97. The van der Waals surface area contributed by atoms with Crippen molar-refractivity contribution in [3.8, 4) is 5.75 Å². The molecule has 0 radical (unpaired) electrons. The minimum Gasteiger partial charge on any atom is -0.491 e. The summed E-state index contributed by atoms with van der Waals surface area (Å²) in [6.07, 6.45) is 6.21. The molecule has 2 aromatic rings. The number of nitrogens with two attached hydrogens (primary N) is 1. The number of halogens is 1. The standard InChI is InChI=1S/C23H29ClN2OS/c1-2-4-17-11-19(24)7-9-21(17)18-14-26(13-16-5-3-6-16)22-12-20(28-25)8-10-23(22)27-15-18/h7-12,16,18H,2-6,13-15,25H2,1H3. The second kappa shape index (κ2) is 8.98. The molecule has 1 unspecified atom stereocenters. The SMILES string of the molecule is CCCc1cc(Cl)ccc1C1COc2ccc(SN)cc2N(CC2CCC2)C1. The summed E-state index contributed by atoms with van der Waals surface area (Å²) in [5, 5.41) is 6.66. The summed E-state index contributed by atoms with van der Waals surface area (Å²) in [5.41, 5.74) is 3.93. The molecule has 5 heteroatoms. The molecule has 4 rings (SSSR count). The van der Waals surface area contributed by atoms with Gasteiger partial charge in [0.05, 0.1) is 12.3 Å². The predicted octanol–water partition coefficient (Wildman–Crippen LogP) is 6.04. The number of hydrogen-bond donors (Lipinski definition) is 1. The van der Waals surface area contributed by atoms with Crippen LogP contribution in [-0.2, 0) is 6.42 Å². The minimum absolute atomic E-state index is 0.334. The summed E-state index contributed by atoms with van der Waals surface area (Å²) in [6.45, 7) is 4.99. The Kier molecular flexibility index (Phi) is 6.39. The Labute approximate surface area is 177 Å². The van der Waals surface area contributed by atoms with Gasteiger partial charge in [-0.25, -0.2) is 0 Å². The Hall–Kier alpha value is -1.36. The lowest BCUT2D eigenvalue weighted by Gasteiger charge is -2.35. The normalized spacial score (nSPS) is 19.5. The Morgan fingerprint density at radius 2 is 2.07 bits per heavy atom. The molecule has 0 amide bonds. The average molecular weight is 417 g/mol. The fourth-order valence-corrected chi connectivity index (χ4v) is 4.87. The molecule has 0 saturated heterocycles. The molecule has 0 aromatic heterocycles. The van der Waals surface area contributed by atoms with E-state index in [0.717, 1.165) is 47.5 Å². The van der Waals surface area contributed by atoms with Crippen LogP contribution in [0.15, 0.2) is 41.3 Å². The number of nitrogens with zero attached hydrogens (tertiary/aromatic N) is 1. The highest BCUT2D eigenvalue weighted by Gasteiger charge is 2.29. The Bertz CT molecular complexity index is 824. The summed E-state index contributed by atoms with van der Waals surface area (Å²) in [5.74, 6) is 2.10. The molecule has 1 saturated carbocycles. The van der Waals surface area contributed by atoms with E-state index in [2.05, 4.69) is 42.2 Å². The number of hydrogen-bond acceptors (Lipinski definition) is 4. The van der Waals surface area contributed by atoms with Crippen molar-refractivity contribution in [3.05, 3.63) is 52.5 Å². The van der Waals surface area contributed by atoms with Gasteiger partial charge in [-0.2, -0.15) is 0 Å². The molecular formula is C23H29ClN2OS. The third-order valence-electron chi connectivity index (χ3n) is 6.06. The number of rotatable bonds is 6. The van der Waals surface area contributed by atoms with E-state index in [0.29, 0.717) is 12.5 Å². The molecule has 0 spiro atoms. The zero-order valence-electron chi connectivity index (χ0n) is 16.5. The van der Waals surface area contributed by atoms with Crippen molar-refractivity contribution < 1.29 is 4.74 Å². The molecular weight excluding hydrogens is 388 g/mol. The van der Waals surface area contributed by atoms with Gasteiger partial charge in [-0.3, -0.25) is 5.14 Å². The van der Waals surface area contributed by atoms with E-state index in [1.165, 1.54) is 48.0 Å². The third kappa shape index (κ3) is 4.29. The van der Waals surface area contributed by atoms with Crippen LogP contribution in [0.4, 0.5) is 5.69 Å². The summed E-state index contributed by atoms with van der Waals surface area (Å²) in [6, 6.07) is 12.7. The zero-order chi connectivity index (χ0) is 19.5. The first-order valence-corrected chi connectivity index (χ1v) is 11.6. The fraction of sp³-hybridized carbons (Fsp3) is 0.478. The van der Waals surface area contributed by atoms with Crippen LogP contribution in [0.3, 0.4) is 0 Å². The lowest BCUT2D eigenvalue weighted by molar-refractivity contribution is 0.294. The van der Waals surface area contributed by atoms with Gasteiger partial charge in [-0.05, 0) is 78.6 Å². The summed E-state index contributed by atoms with van der Waals surface area (Å²) in [7, 11) is 0. The number of benzene rings is 2. The van der Waals surface area contributed by atoms with E-state index >= 15 is 0 Å². The number of ether oxygens (including phenoxy) is 1. The van der Waals surface area contributed by atoms with Gasteiger partial charge in [-0.1, -0.05) is 37.4 Å². The molecule has 1 heterocycles. The van der Waals surface area contributed by atoms with Crippen LogP contribution in [0, 0.1) is 5.92 Å². The quantitative estimate of drug-likeness (QED) is 0.582. The molecule has 2 aromatic carbocycles. The minimum atomic E-state index is 0.334. The number of aryl methyl sites for hydroxylation is 1. The van der Waals surface area contributed by atoms with Gasteiger partial charge in [0.15, 0.2) is 0 Å². The lowest BCUT2D eigenvalue weighted by Crippen LogP contribution is -2.35. The van der Waals surface area contributed by atoms with Crippen molar-refractivity contribution in [2.75, 3.05) is 24.6 Å². The average Bonchev–Trinajstić information content (AvgIpc) is 2.84. The zero-order valence-corrected chi connectivity index (χ0v) is 18.1. The van der Waals surface area contributed by atoms with Crippen molar-refractivity contribution in [3.63, 3.8) is 0 Å². The third-order valence-corrected chi connectivity index (χ3v) is 6.82. The van der Waals surface area contributed by atoms with Gasteiger partial charge in [0.1, 0.15) is 5.75 Å². The van der Waals surface area contributed by atoms with Gasteiger partial charge in [0, 0.05) is 28.9 Å². The van der Waals surface area contributed by atoms with Crippen molar-refractivity contribution in [1.82, 2.24) is 0 Å². The maximum absolute atomic E-state index is 6.32. The van der Waals surface area contributed by atoms with Crippen molar-refractivity contribution in [2.45, 2.75) is 49.8 Å². The molecule has 2 N–H and O–H groups in total. The van der Waals surface area contributed by atoms with Crippen LogP contribution in [0.2, 0.25) is 5.02 Å². The lowest BCUT2D eigenvalue weighted by atomic mass is 9.84. The first-order valence-electron chi connectivity index (χ1n) is 10.3. The van der Waals surface area contributed by atoms with Gasteiger partial charge in [0.25, 0.3) is 0 Å². The first kappa shape index (κ1) is 19.9. The van der Waals surface area contributed by atoms with Crippen molar-refractivity contribution in [2.24, 2.45) is 11.1 Å². The second-order valence-electron chi connectivity index (χ2n) is 8.05. The van der Waals surface area contributed by atoms with E-state index in [-0.39, 0.29) is 0 Å². The molecule has 3 nitrogen and oxygen atoms in total. The van der Waals surface area contributed by atoms with Gasteiger partial charge in [0.2, 0.25) is 0 Å². The van der Waals surface area contributed by atoms with Crippen LogP contribution in [0.25, 0.3) is 0 Å². The molecule has 28 heavy (non-hydrogen) atoms. The van der Waals surface area contributed by atoms with E-state index in [1.54, 1.807) is 0 Å². The maximum atomic E-state index is 6.32. The van der Waals surface area contributed by atoms with Crippen LogP contribution in [0.1, 0.15) is 49.7 Å². The Morgan fingerprint density at radius 3 is 2.79 bits per heavy atom. The topological polar surface area (TPSA) is 38.5 Å². The van der Waals surface area contributed by atoms with Crippen LogP contribution in [0.5, 0.6) is 5.75 Å². The first-order chi connectivity index (χ1) is 13.7. The van der Waals surface area contributed by atoms with E-state index in [1.807, 2.05) is 6.07 Å². The van der Waals surface area contributed by atoms with Crippen LogP contribution >= 0.6 is 23.5 Å². The predicted molar refractivity (Wildman–Crippen MR) is 120 cm³/mol. The molecule has 150 valence electrons. The molecule has 1 aliphatic carbocycles. The molecule has 0 bridgehead atoms. The van der Waals surface area contributed by atoms with Crippen LogP contribution in [-0.4, -0.2) is 19.7 Å². The molecule has 1 atom stereocenters. The van der Waals surface area contributed by atoms with Gasteiger partial charge in [-0.15, -0.1) is 0 Å². The molecule has 2 aliphatic rings. The highest BCUT2D eigenvalue weighted by atomic mass is 35.5. The highest BCUT2D eigenvalue weighted by Crippen LogP contribution is 2.40. The summed E-state index contributed by atoms with van der Waals surface area (Å²) < 4.78 is 6.32. The Morgan fingerprint density at radius 1 is 1.21 bits per heavy atom. The van der Waals surface area contributed by atoms with E-state index < -0.39 is 0 Å². The van der Waals surface area contributed by atoms with Gasteiger partial charge < -0.3 is 9.64 Å². The smallest absolute Gasteiger partial charge is 0.142 e. The molecule has 1 fully saturated rings. The number of anilines is 1. The monoisotopic (exact) mass is 416 g/mol. The van der Waals surface area contributed by atoms with E-state index in [4.69, 9.17) is 21.5 Å². The second-order valence-corrected chi connectivity index (χ2v) is 9.19. The summed E-state index contributed by atoms with van der Waals surface area (Å²) in [4.78, 5) is 3.62. The van der Waals surface area contributed by atoms with Crippen molar-refractivity contribution in [1.29, 1.82) is 0 Å². The van der Waals surface area contributed by atoms with Crippen LogP contribution < -0.4 is 14.8 Å². The fourth-order valence-electron chi connectivity index (χ4n) is 4.35. The maximum Gasteiger partial charge on any atom is 0.142 e. The molecule has 1 aliphatic heterocycles. The van der Waals surface area contributed by atoms with E-state index in [9.17, 15) is 0 Å². The summed E-state index contributed by atoms with van der Waals surface area (Å²) >= 11 is 7.60. The van der Waals surface area contributed by atoms with Gasteiger partial charge >= 0.3 is 0 Å². The largest absolute Gasteiger partial charge is 0.491 e. The Balaban J connectivity index is 1.67. The van der Waals surface area contributed by atoms with Crippen molar-refractivity contribution >= 4 is 29.2 Å².